The zero-order chi connectivity index (χ0) is 12.3. The molecule has 0 fully saturated rings. The molecule has 0 spiro atoms. The maximum atomic E-state index is 12.0. The number of hydrogen-bond acceptors (Lipinski definition) is 4. The van der Waals surface area contributed by atoms with Crippen LogP contribution in [0.2, 0.25) is 0 Å². The lowest BCUT2D eigenvalue weighted by molar-refractivity contribution is -0.115. The number of hydrogen-bond donors (Lipinski definition) is 1. The van der Waals surface area contributed by atoms with Gasteiger partial charge in [-0.25, -0.2) is 0 Å². The molecule has 0 aliphatic carbocycles. The van der Waals surface area contributed by atoms with E-state index >= 15 is 0 Å². The zero-order valence-corrected chi connectivity index (χ0v) is 9.17. The van der Waals surface area contributed by atoms with Gasteiger partial charge < -0.3 is 10.0 Å². The average molecular weight is 232 g/mol. The molecule has 1 aliphatic heterocycles. The fraction of sp³-hybridized carbons (Fsp3) is 0.250. The van der Waals surface area contributed by atoms with E-state index in [9.17, 15) is 14.8 Å². The van der Waals surface area contributed by atoms with Gasteiger partial charge >= 0.3 is 0 Å². The van der Waals surface area contributed by atoms with Crippen LogP contribution < -0.4 is 4.90 Å². The summed E-state index contributed by atoms with van der Waals surface area (Å²) in [5.74, 6) is -0.760. The van der Waals surface area contributed by atoms with E-state index in [0.717, 1.165) is 0 Å². The topological polar surface area (TPSA) is 70.0 Å². The van der Waals surface area contributed by atoms with Crippen LogP contribution in [0.15, 0.2) is 47.0 Å². The van der Waals surface area contributed by atoms with Gasteiger partial charge in [0.1, 0.15) is 5.76 Å². The Balaban J connectivity index is 2.37. The van der Waals surface area contributed by atoms with Crippen LogP contribution in [0.1, 0.15) is 12.8 Å². The third kappa shape index (κ3) is 2.18. The monoisotopic (exact) mass is 232 g/mol. The highest BCUT2D eigenvalue weighted by Crippen LogP contribution is 2.23. The highest BCUT2D eigenvalue weighted by molar-refractivity contribution is 6.05. The van der Waals surface area contributed by atoms with E-state index in [4.69, 9.17) is 0 Å². The third-order valence-corrected chi connectivity index (χ3v) is 2.68. The Morgan fingerprint density at radius 3 is 2.59 bits per heavy atom. The molecule has 5 heteroatoms. The normalized spacial score (nSPS) is 16.9. The molecule has 1 amide bonds. The molecule has 88 valence electrons. The molecule has 17 heavy (non-hydrogen) atoms. The van der Waals surface area contributed by atoms with Crippen LogP contribution in [-0.2, 0) is 4.79 Å². The molecule has 1 heterocycles. The van der Waals surface area contributed by atoms with Crippen molar-refractivity contribution in [3.63, 3.8) is 0 Å². The first-order valence-electron chi connectivity index (χ1n) is 5.36. The number of rotatable bonds is 2. The molecule has 0 unspecified atom stereocenters. The number of anilines is 1. The Kier molecular flexibility index (Phi) is 3.18. The molecule has 1 aromatic carbocycles. The van der Waals surface area contributed by atoms with Crippen molar-refractivity contribution in [3.05, 3.63) is 46.7 Å². The van der Waals surface area contributed by atoms with Crippen LogP contribution in [0.4, 0.5) is 5.69 Å². The van der Waals surface area contributed by atoms with Crippen LogP contribution in [-0.4, -0.2) is 17.6 Å². The molecule has 2 rings (SSSR count). The van der Waals surface area contributed by atoms with E-state index in [2.05, 4.69) is 5.18 Å². The maximum Gasteiger partial charge on any atom is 0.284 e. The van der Waals surface area contributed by atoms with Crippen molar-refractivity contribution in [1.29, 1.82) is 0 Å². The number of benzene rings is 1. The summed E-state index contributed by atoms with van der Waals surface area (Å²) >= 11 is 0. The Morgan fingerprint density at radius 1 is 1.24 bits per heavy atom. The molecule has 0 saturated heterocycles. The smallest absolute Gasteiger partial charge is 0.284 e. The van der Waals surface area contributed by atoms with E-state index in [1.807, 2.05) is 18.2 Å². The molecule has 1 N–H and O–H groups in total. The number of nitrogens with zero attached hydrogens (tertiary/aromatic N) is 2. The van der Waals surface area contributed by atoms with Crippen molar-refractivity contribution in [3.8, 4) is 0 Å². The minimum atomic E-state index is -0.541. The van der Waals surface area contributed by atoms with Gasteiger partial charge in [0.25, 0.3) is 5.91 Å². The Morgan fingerprint density at radius 2 is 1.94 bits per heavy atom. The molecule has 0 atom stereocenters. The van der Waals surface area contributed by atoms with Crippen molar-refractivity contribution in [2.45, 2.75) is 12.8 Å². The Hall–Kier alpha value is -2.17. The second kappa shape index (κ2) is 4.78. The van der Waals surface area contributed by atoms with Crippen LogP contribution in [0.25, 0.3) is 0 Å². The Labute approximate surface area is 98.3 Å². The van der Waals surface area contributed by atoms with Gasteiger partial charge in [-0.15, -0.1) is 4.91 Å². The first-order chi connectivity index (χ1) is 8.24. The van der Waals surface area contributed by atoms with E-state index < -0.39 is 5.91 Å². The predicted molar refractivity (Wildman–Crippen MR) is 63.5 cm³/mol. The molecule has 5 nitrogen and oxygen atoms in total. The standard InChI is InChI=1S/C12H12N2O3/c15-10-7-4-8-14(12(16)11(10)13-17)9-5-2-1-3-6-9/h1-3,5-6,15H,4,7-8H2. The summed E-state index contributed by atoms with van der Waals surface area (Å²) in [5, 5.41) is 12.2. The van der Waals surface area contributed by atoms with Crippen molar-refractivity contribution in [2.75, 3.05) is 11.4 Å². The summed E-state index contributed by atoms with van der Waals surface area (Å²) < 4.78 is 0. The number of aliphatic hydroxyl groups excluding tert-OH is 1. The van der Waals surface area contributed by atoms with Crippen molar-refractivity contribution >= 4 is 11.6 Å². The van der Waals surface area contributed by atoms with Gasteiger partial charge in [0.15, 0.2) is 0 Å². The van der Waals surface area contributed by atoms with E-state index in [-0.39, 0.29) is 11.5 Å². The first-order valence-corrected chi connectivity index (χ1v) is 5.36. The lowest BCUT2D eigenvalue weighted by atomic mass is 10.2. The zero-order valence-electron chi connectivity index (χ0n) is 9.17. The fourth-order valence-corrected chi connectivity index (χ4v) is 1.82. The van der Waals surface area contributed by atoms with Gasteiger partial charge in [-0.3, -0.25) is 4.79 Å². The number of aliphatic hydroxyl groups is 1. The quantitative estimate of drug-likeness (QED) is 0.795. The number of amides is 1. The molecule has 0 saturated carbocycles. The van der Waals surface area contributed by atoms with E-state index in [0.29, 0.717) is 25.1 Å². The highest BCUT2D eigenvalue weighted by Gasteiger charge is 2.27. The number of nitroso groups, excluding NO2 is 1. The molecular weight excluding hydrogens is 220 g/mol. The van der Waals surface area contributed by atoms with Gasteiger partial charge in [-0.1, -0.05) is 18.2 Å². The van der Waals surface area contributed by atoms with Crippen LogP contribution >= 0.6 is 0 Å². The molecule has 1 aliphatic rings. The minimum Gasteiger partial charge on any atom is -0.510 e. The summed E-state index contributed by atoms with van der Waals surface area (Å²) in [6.07, 6.45) is 0.904. The molecule has 0 radical (unpaired) electrons. The van der Waals surface area contributed by atoms with Crippen LogP contribution in [0.3, 0.4) is 0 Å². The number of para-hydroxylation sites is 1. The molecule has 0 aromatic heterocycles. The third-order valence-electron chi connectivity index (χ3n) is 2.68. The van der Waals surface area contributed by atoms with Gasteiger partial charge in [0.05, 0.1) is 0 Å². The molecule has 0 bridgehead atoms. The van der Waals surface area contributed by atoms with Gasteiger partial charge in [0, 0.05) is 18.7 Å². The van der Waals surface area contributed by atoms with Crippen LogP contribution in [0.5, 0.6) is 0 Å². The maximum absolute atomic E-state index is 12.0. The van der Waals surface area contributed by atoms with Gasteiger partial charge in [0.2, 0.25) is 5.70 Å². The van der Waals surface area contributed by atoms with Crippen molar-refractivity contribution < 1.29 is 9.90 Å². The lowest BCUT2D eigenvalue weighted by Gasteiger charge is -2.19. The average Bonchev–Trinajstić information content (AvgIpc) is 2.49. The number of carbonyl (C=O) groups is 1. The first kappa shape index (κ1) is 11.3. The molecular formula is C12H12N2O3. The van der Waals surface area contributed by atoms with Crippen molar-refractivity contribution in [1.82, 2.24) is 0 Å². The fourth-order valence-electron chi connectivity index (χ4n) is 1.82. The predicted octanol–water partition coefficient (Wildman–Crippen LogP) is 2.35. The highest BCUT2D eigenvalue weighted by atomic mass is 16.3. The summed E-state index contributed by atoms with van der Waals surface area (Å²) in [6.45, 7) is 0.464. The van der Waals surface area contributed by atoms with E-state index in [1.165, 1.54) is 4.90 Å². The van der Waals surface area contributed by atoms with Crippen LogP contribution in [0, 0.1) is 4.91 Å². The largest absolute Gasteiger partial charge is 0.510 e. The van der Waals surface area contributed by atoms with Gasteiger partial charge in [-0.2, -0.15) is 0 Å². The second-order valence-corrected chi connectivity index (χ2v) is 3.78. The lowest BCUT2D eigenvalue weighted by Crippen LogP contribution is -2.31. The number of allylic oxidation sites excluding steroid dienone is 1. The SMILES string of the molecule is O=NC1=C(O)CCCN(c2ccccc2)C1=O. The number of carbonyl (C=O) groups excluding carboxylic acids is 1. The summed E-state index contributed by atoms with van der Waals surface area (Å²) in [6, 6.07) is 9.03. The van der Waals surface area contributed by atoms with E-state index in [1.54, 1.807) is 12.1 Å². The van der Waals surface area contributed by atoms with Crippen molar-refractivity contribution in [2.24, 2.45) is 5.18 Å². The summed E-state index contributed by atoms with van der Waals surface area (Å²) in [4.78, 5) is 24.1. The second-order valence-electron chi connectivity index (χ2n) is 3.78. The minimum absolute atomic E-state index is 0.219. The van der Waals surface area contributed by atoms with Gasteiger partial charge in [-0.05, 0) is 23.7 Å². The summed E-state index contributed by atoms with van der Waals surface area (Å²) in [5.41, 5.74) is 0.319. The summed E-state index contributed by atoms with van der Waals surface area (Å²) in [7, 11) is 0. The Bertz CT molecular complexity index is 468. The molecule has 1 aromatic rings.